The number of fused-ring (bicyclic) bond motifs is 1. The molecule has 0 aromatic heterocycles. The fourth-order valence-corrected chi connectivity index (χ4v) is 5.37. The Balaban J connectivity index is 1.28. The summed E-state index contributed by atoms with van der Waals surface area (Å²) in [6.07, 6.45) is 0.815. The second kappa shape index (κ2) is 10.5. The molecule has 0 unspecified atom stereocenters. The van der Waals surface area contributed by atoms with Crippen LogP contribution in [0.2, 0.25) is 0 Å². The lowest BCUT2D eigenvalue weighted by atomic mass is 10.00. The van der Waals surface area contributed by atoms with Gasteiger partial charge in [-0.05, 0) is 91.7 Å². The van der Waals surface area contributed by atoms with E-state index in [1.165, 1.54) is 5.56 Å². The SMILES string of the molecule is Cc1cc(Br)c(OCc2ccc(C(=O)OCC(=O)N3CCc4ccccc4C3)cc2)c(Br)c1. The third kappa shape index (κ3) is 5.84. The minimum absolute atomic E-state index is 0.183. The van der Waals surface area contributed by atoms with E-state index < -0.39 is 5.97 Å². The lowest BCUT2D eigenvalue weighted by molar-refractivity contribution is -0.135. The van der Waals surface area contributed by atoms with Crippen LogP contribution < -0.4 is 4.74 Å². The molecule has 7 heteroatoms. The molecule has 0 fully saturated rings. The molecule has 0 radical (unpaired) electrons. The minimum Gasteiger partial charge on any atom is -0.487 e. The van der Waals surface area contributed by atoms with Gasteiger partial charge in [0.25, 0.3) is 5.91 Å². The number of carbonyl (C=O) groups is 2. The number of halogens is 2. The van der Waals surface area contributed by atoms with Crippen LogP contribution in [0.5, 0.6) is 5.75 Å². The summed E-state index contributed by atoms with van der Waals surface area (Å²) in [6, 6.07) is 19.1. The van der Waals surface area contributed by atoms with Crippen LogP contribution in [0.25, 0.3) is 0 Å². The van der Waals surface area contributed by atoms with E-state index in [0.29, 0.717) is 25.3 Å². The van der Waals surface area contributed by atoms with Crippen molar-refractivity contribution < 1.29 is 19.1 Å². The first-order chi connectivity index (χ1) is 15.9. The predicted molar refractivity (Wildman–Crippen MR) is 133 cm³/mol. The van der Waals surface area contributed by atoms with E-state index in [9.17, 15) is 9.59 Å². The first kappa shape index (κ1) is 23.5. The summed E-state index contributed by atoms with van der Waals surface area (Å²) in [6.45, 7) is 3.28. The van der Waals surface area contributed by atoms with Crippen LogP contribution in [0.1, 0.15) is 32.6 Å². The fourth-order valence-electron chi connectivity index (χ4n) is 3.73. The van der Waals surface area contributed by atoms with E-state index in [1.807, 2.05) is 49.4 Å². The van der Waals surface area contributed by atoms with E-state index >= 15 is 0 Å². The number of rotatable bonds is 6. The number of aryl methyl sites for hydroxylation is 1. The van der Waals surface area contributed by atoms with Crippen molar-refractivity contribution in [2.24, 2.45) is 0 Å². The van der Waals surface area contributed by atoms with Gasteiger partial charge < -0.3 is 14.4 Å². The lowest BCUT2D eigenvalue weighted by Gasteiger charge is -2.28. The summed E-state index contributed by atoms with van der Waals surface area (Å²) in [5.41, 5.74) is 4.84. The van der Waals surface area contributed by atoms with E-state index in [-0.39, 0.29) is 12.5 Å². The van der Waals surface area contributed by atoms with Crippen LogP contribution in [-0.4, -0.2) is 29.9 Å². The normalized spacial score (nSPS) is 12.8. The number of ether oxygens (including phenoxy) is 2. The lowest BCUT2D eigenvalue weighted by Crippen LogP contribution is -2.38. The Labute approximate surface area is 210 Å². The van der Waals surface area contributed by atoms with Gasteiger partial charge in [0.1, 0.15) is 12.4 Å². The summed E-state index contributed by atoms with van der Waals surface area (Å²) < 4.78 is 12.9. The number of hydrogen-bond acceptors (Lipinski definition) is 4. The monoisotopic (exact) mass is 571 g/mol. The van der Waals surface area contributed by atoms with Crippen LogP contribution in [0, 0.1) is 6.92 Å². The van der Waals surface area contributed by atoms with Gasteiger partial charge in [-0.1, -0.05) is 36.4 Å². The van der Waals surface area contributed by atoms with Crippen LogP contribution in [0.15, 0.2) is 69.6 Å². The summed E-state index contributed by atoms with van der Waals surface area (Å²) in [5, 5.41) is 0. The molecule has 5 nitrogen and oxygen atoms in total. The van der Waals surface area contributed by atoms with E-state index in [4.69, 9.17) is 9.47 Å². The van der Waals surface area contributed by atoms with Crippen molar-refractivity contribution in [2.45, 2.75) is 26.5 Å². The maximum absolute atomic E-state index is 12.5. The Morgan fingerprint density at radius 3 is 2.33 bits per heavy atom. The summed E-state index contributed by atoms with van der Waals surface area (Å²) >= 11 is 7.04. The van der Waals surface area contributed by atoms with Crippen molar-refractivity contribution in [3.8, 4) is 5.75 Å². The third-order valence-corrected chi connectivity index (χ3v) is 6.70. The van der Waals surface area contributed by atoms with Crippen molar-refractivity contribution >= 4 is 43.7 Å². The average molecular weight is 573 g/mol. The molecule has 1 heterocycles. The molecule has 0 saturated carbocycles. The molecule has 1 amide bonds. The second-order valence-electron chi connectivity index (χ2n) is 7.95. The van der Waals surface area contributed by atoms with Gasteiger partial charge in [-0.3, -0.25) is 4.79 Å². The van der Waals surface area contributed by atoms with Crippen molar-refractivity contribution in [2.75, 3.05) is 13.2 Å². The van der Waals surface area contributed by atoms with Gasteiger partial charge >= 0.3 is 5.97 Å². The highest BCUT2D eigenvalue weighted by molar-refractivity contribution is 9.11. The molecule has 0 spiro atoms. The van der Waals surface area contributed by atoms with Gasteiger partial charge in [0.05, 0.1) is 14.5 Å². The molecule has 3 aromatic rings. The predicted octanol–water partition coefficient (Wildman–Crippen LogP) is 5.84. The van der Waals surface area contributed by atoms with Gasteiger partial charge in [-0.25, -0.2) is 4.79 Å². The van der Waals surface area contributed by atoms with Crippen molar-refractivity contribution in [1.82, 2.24) is 4.90 Å². The van der Waals surface area contributed by atoms with Crippen molar-refractivity contribution in [3.05, 3.63) is 97.4 Å². The molecule has 1 aliphatic heterocycles. The van der Waals surface area contributed by atoms with Crippen LogP contribution in [-0.2, 0) is 29.1 Å². The van der Waals surface area contributed by atoms with Crippen LogP contribution >= 0.6 is 31.9 Å². The smallest absolute Gasteiger partial charge is 0.338 e. The van der Waals surface area contributed by atoms with E-state index in [1.54, 1.807) is 17.0 Å². The molecular weight excluding hydrogens is 550 g/mol. The highest BCUT2D eigenvalue weighted by Gasteiger charge is 2.21. The molecule has 1 aliphatic rings. The summed E-state index contributed by atoms with van der Waals surface area (Å²) in [7, 11) is 0. The maximum Gasteiger partial charge on any atom is 0.338 e. The number of esters is 1. The Hall–Kier alpha value is -2.64. The van der Waals surface area contributed by atoms with Gasteiger partial charge in [-0.15, -0.1) is 0 Å². The van der Waals surface area contributed by atoms with Gasteiger partial charge in [0.15, 0.2) is 6.61 Å². The van der Waals surface area contributed by atoms with Crippen LogP contribution in [0.3, 0.4) is 0 Å². The average Bonchev–Trinajstić information content (AvgIpc) is 2.81. The molecule has 0 atom stereocenters. The quantitative estimate of drug-likeness (QED) is 0.348. The largest absolute Gasteiger partial charge is 0.487 e. The number of nitrogens with zero attached hydrogens (tertiary/aromatic N) is 1. The first-order valence-corrected chi connectivity index (χ1v) is 12.2. The maximum atomic E-state index is 12.5. The summed E-state index contributed by atoms with van der Waals surface area (Å²) in [5.74, 6) is 0.0253. The molecule has 4 rings (SSSR count). The Kier molecular flexibility index (Phi) is 7.50. The zero-order chi connectivity index (χ0) is 23.4. The third-order valence-electron chi connectivity index (χ3n) is 5.53. The highest BCUT2D eigenvalue weighted by Crippen LogP contribution is 2.35. The number of carbonyl (C=O) groups excluding carboxylic acids is 2. The molecule has 0 aliphatic carbocycles. The number of benzene rings is 3. The molecule has 170 valence electrons. The molecule has 0 N–H and O–H groups in total. The molecule has 3 aromatic carbocycles. The Morgan fingerprint density at radius 1 is 0.970 bits per heavy atom. The molecule has 33 heavy (non-hydrogen) atoms. The van der Waals surface area contributed by atoms with Gasteiger partial charge in [0, 0.05) is 13.1 Å². The summed E-state index contributed by atoms with van der Waals surface area (Å²) in [4.78, 5) is 26.7. The van der Waals surface area contributed by atoms with Gasteiger partial charge in [-0.2, -0.15) is 0 Å². The van der Waals surface area contributed by atoms with Crippen molar-refractivity contribution in [1.29, 1.82) is 0 Å². The Bertz CT molecular complexity index is 1150. The van der Waals surface area contributed by atoms with Gasteiger partial charge in [0.2, 0.25) is 0 Å². The van der Waals surface area contributed by atoms with Crippen molar-refractivity contribution in [3.63, 3.8) is 0 Å². The molecule has 0 saturated heterocycles. The molecular formula is C26H23Br2NO4. The second-order valence-corrected chi connectivity index (χ2v) is 9.66. The zero-order valence-electron chi connectivity index (χ0n) is 18.1. The molecule has 0 bridgehead atoms. The standard InChI is InChI=1S/C26H23Br2NO4/c1-17-12-22(27)25(23(28)13-17)32-15-18-6-8-20(9-7-18)26(31)33-16-24(30)29-11-10-19-4-2-3-5-21(19)14-29/h2-9,12-13H,10-11,14-16H2,1H3. The topological polar surface area (TPSA) is 55.8 Å². The first-order valence-electron chi connectivity index (χ1n) is 10.6. The van der Waals surface area contributed by atoms with E-state index in [2.05, 4.69) is 37.9 Å². The fraction of sp³-hybridized carbons (Fsp3) is 0.231. The minimum atomic E-state index is -0.516. The van der Waals surface area contributed by atoms with Crippen LogP contribution in [0.4, 0.5) is 0 Å². The highest BCUT2D eigenvalue weighted by atomic mass is 79.9. The zero-order valence-corrected chi connectivity index (χ0v) is 21.3. The van der Waals surface area contributed by atoms with E-state index in [0.717, 1.165) is 37.8 Å². The number of hydrogen-bond donors (Lipinski definition) is 0. The Morgan fingerprint density at radius 2 is 1.64 bits per heavy atom. The number of amides is 1.